The van der Waals surface area contributed by atoms with Gasteiger partial charge in [0.2, 0.25) is 0 Å². The molecule has 0 bridgehead atoms. The number of hydrogen-bond donors (Lipinski definition) is 2. The highest BCUT2D eigenvalue weighted by atomic mass is 16.3. The zero-order chi connectivity index (χ0) is 13.4. The summed E-state index contributed by atoms with van der Waals surface area (Å²) in [5.41, 5.74) is 8.64. The molecule has 2 N–H and O–H groups in total. The molecule has 2 aromatic rings. The van der Waals surface area contributed by atoms with Crippen LogP contribution in [0.15, 0.2) is 30.3 Å². The van der Waals surface area contributed by atoms with Gasteiger partial charge in [-0.25, -0.2) is 0 Å². The van der Waals surface area contributed by atoms with E-state index < -0.39 is 0 Å². The van der Waals surface area contributed by atoms with E-state index in [4.69, 9.17) is 0 Å². The molecule has 1 atom stereocenters. The second-order valence-corrected chi connectivity index (χ2v) is 5.41. The van der Waals surface area contributed by atoms with Crippen molar-refractivity contribution in [3.8, 4) is 5.75 Å². The minimum absolute atomic E-state index is 0.328. The fraction of sp³-hybridized carbons (Fsp3) is 0.375. The Bertz CT molecular complexity index is 581. The van der Waals surface area contributed by atoms with Crippen molar-refractivity contribution in [2.45, 2.75) is 39.2 Å². The third kappa shape index (κ3) is 2.21. The highest BCUT2D eigenvalue weighted by Gasteiger charge is 2.21. The maximum absolute atomic E-state index is 9.59. The van der Waals surface area contributed by atoms with Gasteiger partial charge in [0.15, 0.2) is 0 Å². The van der Waals surface area contributed by atoms with E-state index in [0.717, 1.165) is 19.3 Å². The van der Waals surface area contributed by atoms with Crippen LogP contribution in [0.1, 0.15) is 41.4 Å². The van der Waals surface area contributed by atoms with Gasteiger partial charge in [-0.1, -0.05) is 6.07 Å². The molecule has 0 saturated heterocycles. The fourth-order valence-electron chi connectivity index (χ4n) is 2.96. The lowest BCUT2D eigenvalue weighted by Crippen LogP contribution is -2.26. The van der Waals surface area contributed by atoms with E-state index >= 15 is 0 Å². The Labute approximate surface area is 113 Å². The number of phenolic OH excluding ortho intramolecular Hbond substituents is 1. The van der Waals surface area contributed by atoms with Crippen LogP contribution >= 0.6 is 0 Å². The lowest BCUT2D eigenvalue weighted by molar-refractivity contribution is 0.471. The van der Waals surface area contributed by atoms with Gasteiger partial charge in [0.25, 0.3) is 0 Å². The van der Waals surface area contributed by atoms with E-state index in [0.29, 0.717) is 11.8 Å². The second kappa shape index (κ2) is 4.65. The molecule has 3 nitrogen and oxygen atoms in total. The van der Waals surface area contributed by atoms with Crippen molar-refractivity contribution >= 4 is 0 Å². The van der Waals surface area contributed by atoms with Gasteiger partial charge in [-0.3, -0.25) is 4.68 Å². The summed E-state index contributed by atoms with van der Waals surface area (Å²) in [5, 5.41) is 9.59. The average Bonchev–Trinajstić information content (AvgIpc) is 2.70. The Hall–Kier alpha value is -1.90. The normalized spacial score (nSPS) is 18.1. The van der Waals surface area contributed by atoms with Crippen molar-refractivity contribution < 1.29 is 5.11 Å². The zero-order valence-corrected chi connectivity index (χ0v) is 11.5. The number of aromatic nitrogens is 1. The van der Waals surface area contributed by atoms with E-state index in [9.17, 15) is 5.11 Å². The molecule has 0 radical (unpaired) electrons. The van der Waals surface area contributed by atoms with Gasteiger partial charge >= 0.3 is 0 Å². The second-order valence-electron chi connectivity index (χ2n) is 5.41. The summed E-state index contributed by atoms with van der Waals surface area (Å²) < 4.78 is 2.16. The summed E-state index contributed by atoms with van der Waals surface area (Å²) in [6.45, 7) is 4.22. The Morgan fingerprint density at radius 2 is 1.89 bits per heavy atom. The number of hydrogen-bond acceptors (Lipinski definition) is 2. The first-order valence-corrected chi connectivity index (χ1v) is 6.88. The van der Waals surface area contributed by atoms with E-state index in [2.05, 4.69) is 42.1 Å². The molecule has 1 aliphatic carbocycles. The van der Waals surface area contributed by atoms with Crippen molar-refractivity contribution in [3.63, 3.8) is 0 Å². The summed E-state index contributed by atoms with van der Waals surface area (Å²) in [4.78, 5) is 0. The van der Waals surface area contributed by atoms with Crippen molar-refractivity contribution in [2.24, 2.45) is 0 Å². The van der Waals surface area contributed by atoms with E-state index in [1.165, 1.54) is 22.5 Å². The van der Waals surface area contributed by atoms with Crippen LogP contribution in [-0.4, -0.2) is 9.78 Å². The molecule has 0 amide bonds. The first-order chi connectivity index (χ1) is 9.15. The third-order valence-corrected chi connectivity index (χ3v) is 4.00. The van der Waals surface area contributed by atoms with Gasteiger partial charge < -0.3 is 10.5 Å². The van der Waals surface area contributed by atoms with Crippen molar-refractivity contribution in [1.29, 1.82) is 0 Å². The van der Waals surface area contributed by atoms with E-state index in [1.54, 1.807) is 6.07 Å². The number of aryl methyl sites for hydroxylation is 3. The zero-order valence-electron chi connectivity index (χ0n) is 11.5. The van der Waals surface area contributed by atoms with E-state index in [1.807, 2.05) is 6.07 Å². The number of benzene rings is 1. The number of aromatic hydroxyl groups is 1. The maximum atomic E-state index is 9.59. The smallest absolute Gasteiger partial charge is 0.115 e. The number of rotatable bonds is 2. The molecule has 0 fully saturated rings. The SMILES string of the molecule is Cc1ccc(C)n1NC1CCCc2cc(O)ccc21. The van der Waals surface area contributed by atoms with Gasteiger partial charge in [0, 0.05) is 11.4 Å². The number of nitrogens with one attached hydrogen (secondary N) is 1. The predicted octanol–water partition coefficient (Wildman–Crippen LogP) is 3.43. The molecule has 19 heavy (non-hydrogen) atoms. The third-order valence-electron chi connectivity index (χ3n) is 4.00. The molecular weight excluding hydrogens is 236 g/mol. The highest BCUT2D eigenvalue weighted by Crippen LogP contribution is 2.32. The van der Waals surface area contributed by atoms with Crippen LogP contribution in [0, 0.1) is 13.8 Å². The Balaban J connectivity index is 1.92. The summed E-state index contributed by atoms with van der Waals surface area (Å²) in [5.74, 6) is 0.368. The minimum atomic E-state index is 0.328. The van der Waals surface area contributed by atoms with Crippen LogP contribution in [0.5, 0.6) is 5.75 Å². The van der Waals surface area contributed by atoms with Crippen molar-refractivity contribution in [2.75, 3.05) is 5.43 Å². The molecule has 0 spiro atoms. The first kappa shape index (κ1) is 12.2. The maximum Gasteiger partial charge on any atom is 0.115 e. The molecule has 1 aromatic carbocycles. The van der Waals surface area contributed by atoms with E-state index in [-0.39, 0.29) is 0 Å². The van der Waals surface area contributed by atoms with Gasteiger partial charge in [-0.05, 0) is 68.5 Å². The fourth-order valence-corrected chi connectivity index (χ4v) is 2.96. The molecule has 3 heteroatoms. The summed E-state index contributed by atoms with van der Waals surface area (Å²) in [6, 6.07) is 10.3. The standard InChI is InChI=1S/C16H20N2O/c1-11-6-7-12(2)18(11)17-16-5-3-4-13-10-14(19)8-9-15(13)16/h6-10,16-17,19H,3-5H2,1-2H3. The number of fused-ring (bicyclic) bond motifs is 1. The first-order valence-electron chi connectivity index (χ1n) is 6.88. The molecule has 1 heterocycles. The number of nitrogens with zero attached hydrogens (tertiary/aromatic N) is 1. The number of phenols is 1. The summed E-state index contributed by atoms with van der Waals surface area (Å²) >= 11 is 0. The molecule has 0 aliphatic heterocycles. The van der Waals surface area contributed by atoms with Gasteiger partial charge in [-0.15, -0.1) is 0 Å². The minimum Gasteiger partial charge on any atom is -0.508 e. The predicted molar refractivity (Wildman–Crippen MR) is 77.1 cm³/mol. The van der Waals surface area contributed by atoms with Crippen LogP contribution in [0.4, 0.5) is 0 Å². The van der Waals surface area contributed by atoms with Crippen LogP contribution in [0.2, 0.25) is 0 Å². The van der Waals surface area contributed by atoms with Crippen molar-refractivity contribution in [1.82, 2.24) is 4.68 Å². The van der Waals surface area contributed by atoms with Crippen LogP contribution < -0.4 is 5.43 Å². The molecular formula is C16H20N2O. The lowest BCUT2D eigenvalue weighted by atomic mass is 9.88. The van der Waals surface area contributed by atoms with Crippen LogP contribution in [0.3, 0.4) is 0 Å². The summed E-state index contributed by atoms with van der Waals surface area (Å²) in [6.07, 6.45) is 3.36. The van der Waals surface area contributed by atoms with Crippen molar-refractivity contribution in [3.05, 3.63) is 52.8 Å². The highest BCUT2D eigenvalue weighted by molar-refractivity contribution is 5.39. The quantitative estimate of drug-likeness (QED) is 0.863. The monoisotopic (exact) mass is 256 g/mol. The van der Waals surface area contributed by atoms with Crippen LogP contribution in [-0.2, 0) is 6.42 Å². The topological polar surface area (TPSA) is 37.2 Å². The van der Waals surface area contributed by atoms with Gasteiger partial charge in [0.1, 0.15) is 5.75 Å². The molecule has 1 aliphatic rings. The average molecular weight is 256 g/mol. The Morgan fingerprint density at radius 3 is 2.63 bits per heavy atom. The molecule has 100 valence electrons. The molecule has 1 unspecified atom stereocenters. The molecule has 1 aromatic heterocycles. The Kier molecular flexibility index (Phi) is 2.97. The largest absolute Gasteiger partial charge is 0.508 e. The molecule has 3 rings (SSSR count). The Morgan fingerprint density at radius 1 is 1.16 bits per heavy atom. The van der Waals surface area contributed by atoms with Gasteiger partial charge in [0.05, 0.1) is 6.04 Å². The van der Waals surface area contributed by atoms with Crippen LogP contribution in [0.25, 0.3) is 0 Å². The lowest BCUT2D eigenvalue weighted by Gasteiger charge is -2.29. The molecule has 0 saturated carbocycles. The summed E-state index contributed by atoms with van der Waals surface area (Å²) in [7, 11) is 0. The van der Waals surface area contributed by atoms with Gasteiger partial charge in [-0.2, -0.15) is 0 Å².